The van der Waals surface area contributed by atoms with Gasteiger partial charge < -0.3 is 14.8 Å². The van der Waals surface area contributed by atoms with Crippen LogP contribution >= 0.6 is 0 Å². The zero-order chi connectivity index (χ0) is 20.1. The van der Waals surface area contributed by atoms with Crippen molar-refractivity contribution < 1.29 is 18.7 Å². The Morgan fingerprint density at radius 1 is 1.14 bits per heavy atom. The van der Waals surface area contributed by atoms with Crippen molar-refractivity contribution in [3.05, 3.63) is 65.2 Å². The van der Waals surface area contributed by atoms with E-state index in [1.807, 2.05) is 18.2 Å². The molecule has 0 bridgehead atoms. The third kappa shape index (κ3) is 4.11. The van der Waals surface area contributed by atoms with Crippen LogP contribution in [0.25, 0.3) is 5.69 Å². The van der Waals surface area contributed by atoms with Gasteiger partial charge in [-0.25, -0.2) is 9.07 Å². The van der Waals surface area contributed by atoms with Crippen LogP contribution in [0.5, 0.6) is 11.5 Å². The Morgan fingerprint density at radius 3 is 2.57 bits per heavy atom. The first-order chi connectivity index (χ1) is 13.5. The first-order valence-electron chi connectivity index (χ1n) is 8.71. The molecule has 146 valence electrons. The molecule has 1 amide bonds. The van der Waals surface area contributed by atoms with E-state index >= 15 is 0 Å². The molecular weight excluding hydrogens is 363 g/mol. The second kappa shape index (κ2) is 8.51. The fourth-order valence-electron chi connectivity index (χ4n) is 2.84. The van der Waals surface area contributed by atoms with Crippen LogP contribution in [0.3, 0.4) is 0 Å². The minimum absolute atomic E-state index is 0.224. The summed E-state index contributed by atoms with van der Waals surface area (Å²) in [5.41, 5.74) is 2.35. The normalized spacial score (nSPS) is 10.6. The number of hydrogen-bond acceptors (Lipinski definition) is 5. The van der Waals surface area contributed by atoms with E-state index in [4.69, 9.17) is 9.47 Å². The average molecular weight is 384 g/mol. The maximum Gasteiger partial charge on any atom is 0.273 e. The van der Waals surface area contributed by atoms with Gasteiger partial charge in [-0.15, -0.1) is 5.10 Å². The highest BCUT2D eigenvalue weighted by Gasteiger charge is 2.17. The molecule has 1 heterocycles. The second-order valence-electron chi connectivity index (χ2n) is 6.10. The Balaban J connectivity index is 1.67. The average Bonchev–Trinajstić information content (AvgIpc) is 3.09. The van der Waals surface area contributed by atoms with Crippen LogP contribution in [0.15, 0.2) is 42.5 Å². The summed E-state index contributed by atoms with van der Waals surface area (Å²) in [5.74, 6) is 0.786. The van der Waals surface area contributed by atoms with Crippen molar-refractivity contribution in [1.29, 1.82) is 0 Å². The smallest absolute Gasteiger partial charge is 0.273 e. The fraction of sp³-hybridized carbons (Fsp3) is 0.250. The number of hydrogen-bond donors (Lipinski definition) is 1. The zero-order valence-electron chi connectivity index (χ0n) is 15.9. The maximum absolute atomic E-state index is 13.1. The molecule has 0 aliphatic carbocycles. The number of carbonyl (C=O) groups is 1. The topological polar surface area (TPSA) is 78.3 Å². The maximum atomic E-state index is 13.1. The van der Waals surface area contributed by atoms with Gasteiger partial charge in [0.1, 0.15) is 17.3 Å². The number of nitrogens with zero attached hydrogens (tertiary/aromatic N) is 3. The first kappa shape index (κ1) is 19.3. The van der Waals surface area contributed by atoms with Crippen molar-refractivity contribution in [2.24, 2.45) is 0 Å². The minimum Gasteiger partial charge on any atom is -0.497 e. The number of amides is 1. The SMILES string of the molecule is COc1ccc(OC)c(CCNC(=O)c2nnn(-c3ccc(F)cc3)c2C)c1. The van der Waals surface area contributed by atoms with Gasteiger partial charge in [-0.05, 0) is 61.4 Å². The number of aromatic nitrogens is 3. The highest BCUT2D eigenvalue weighted by Crippen LogP contribution is 2.24. The number of carbonyl (C=O) groups excluding carboxylic acids is 1. The summed E-state index contributed by atoms with van der Waals surface area (Å²) >= 11 is 0. The zero-order valence-corrected chi connectivity index (χ0v) is 15.9. The monoisotopic (exact) mass is 384 g/mol. The molecule has 8 heteroatoms. The van der Waals surface area contributed by atoms with Gasteiger partial charge in [-0.1, -0.05) is 5.21 Å². The summed E-state index contributed by atoms with van der Waals surface area (Å²) < 4.78 is 25.2. The molecule has 3 rings (SSSR count). The summed E-state index contributed by atoms with van der Waals surface area (Å²) in [6.45, 7) is 2.13. The highest BCUT2D eigenvalue weighted by atomic mass is 19.1. The summed E-state index contributed by atoms with van der Waals surface area (Å²) in [6, 6.07) is 11.3. The van der Waals surface area contributed by atoms with E-state index in [1.165, 1.54) is 16.8 Å². The fourth-order valence-corrected chi connectivity index (χ4v) is 2.84. The van der Waals surface area contributed by atoms with Crippen LogP contribution < -0.4 is 14.8 Å². The number of ether oxygens (including phenoxy) is 2. The lowest BCUT2D eigenvalue weighted by Crippen LogP contribution is -2.27. The van der Waals surface area contributed by atoms with Gasteiger partial charge in [0.15, 0.2) is 5.69 Å². The number of methoxy groups -OCH3 is 2. The Bertz CT molecular complexity index is 970. The number of rotatable bonds is 7. The van der Waals surface area contributed by atoms with Crippen molar-refractivity contribution >= 4 is 5.91 Å². The lowest BCUT2D eigenvalue weighted by Gasteiger charge is -2.11. The van der Waals surface area contributed by atoms with E-state index in [0.717, 1.165) is 17.1 Å². The van der Waals surface area contributed by atoms with Crippen molar-refractivity contribution in [3.63, 3.8) is 0 Å². The molecule has 0 saturated carbocycles. The molecule has 28 heavy (non-hydrogen) atoms. The van der Waals surface area contributed by atoms with Crippen LogP contribution in [0.4, 0.5) is 4.39 Å². The Morgan fingerprint density at radius 2 is 1.89 bits per heavy atom. The predicted molar refractivity (Wildman–Crippen MR) is 102 cm³/mol. The van der Waals surface area contributed by atoms with E-state index in [2.05, 4.69) is 15.6 Å². The standard InChI is InChI=1S/C20H21FN4O3/c1-13-19(23-24-25(13)16-6-4-15(21)5-7-16)20(26)22-11-10-14-12-17(27-2)8-9-18(14)28-3/h4-9,12H,10-11H2,1-3H3,(H,22,26). The van der Waals surface area contributed by atoms with Gasteiger partial charge in [0.2, 0.25) is 0 Å². The summed E-state index contributed by atoms with van der Waals surface area (Å²) in [7, 11) is 3.20. The van der Waals surface area contributed by atoms with Crippen LogP contribution in [0.2, 0.25) is 0 Å². The van der Waals surface area contributed by atoms with E-state index in [1.54, 1.807) is 33.3 Å². The molecule has 0 aliphatic heterocycles. The Kier molecular flexibility index (Phi) is 5.88. The molecule has 0 fully saturated rings. The molecule has 0 spiro atoms. The van der Waals surface area contributed by atoms with Gasteiger partial charge in [0, 0.05) is 6.54 Å². The molecule has 1 aromatic heterocycles. The number of halogens is 1. The van der Waals surface area contributed by atoms with Gasteiger partial charge in [-0.3, -0.25) is 4.79 Å². The molecule has 0 radical (unpaired) electrons. The predicted octanol–water partition coefficient (Wildman–Crippen LogP) is 2.70. The quantitative estimate of drug-likeness (QED) is 0.678. The van der Waals surface area contributed by atoms with E-state index in [-0.39, 0.29) is 17.4 Å². The number of benzene rings is 2. The van der Waals surface area contributed by atoms with Gasteiger partial charge in [0.05, 0.1) is 25.6 Å². The summed E-state index contributed by atoms with van der Waals surface area (Å²) in [6.07, 6.45) is 0.567. The van der Waals surface area contributed by atoms with Crippen LogP contribution in [0.1, 0.15) is 21.7 Å². The van der Waals surface area contributed by atoms with Crippen molar-refractivity contribution in [2.45, 2.75) is 13.3 Å². The molecule has 0 aliphatic rings. The van der Waals surface area contributed by atoms with Gasteiger partial charge in [-0.2, -0.15) is 0 Å². The van der Waals surface area contributed by atoms with E-state index in [9.17, 15) is 9.18 Å². The molecule has 7 nitrogen and oxygen atoms in total. The minimum atomic E-state index is -0.340. The Hall–Kier alpha value is -3.42. The lowest BCUT2D eigenvalue weighted by molar-refractivity contribution is 0.0948. The van der Waals surface area contributed by atoms with E-state index in [0.29, 0.717) is 24.3 Å². The molecular formula is C20H21FN4O3. The molecule has 3 aromatic rings. The molecule has 0 saturated heterocycles. The van der Waals surface area contributed by atoms with Gasteiger partial charge >= 0.3 is 0 Å². The van der Waals surface area contributed by atoms with Crippen LogP contribution in [0, 0.1) is 12.7 Å². The lowest BCUT2D eigenvalue weighted by atomic mass is 10.1. The van der Waals surface area contributed by atoms with Crippen LogP contribution in [-0.2, 0) is 6.42 Å². The van der Waals surface area contributed by atoms with Crippen LogP contribution in [-0.4, -0.2) is 41.7 Å². The third-order valence-corrected chi connectivity index (χ3v) is 4.35. The Labute approximate surface area is 162 Å². The summed E-state index contributed by atoms with van der Waals surface area (Å²) in [4.78, 5) is 12.5. The first-order valence-corrected chi connectivity index (χ1v) is 8.71. The molecule has 1 N–H and O–H groups in total. The molecule has 0 unspecified atom stereocenters. The van der Waals surface area contributed by atoms with Gasteiger partial charge in [0.25, 0.3) is 5.91 Å². The number of nitrogens with one attached hydrogen (secondary N) is 1. The largest absolute Gasteiger partial charge is 0.497 e. The summed E-state index contributed by atoms with van der Waals surface area (Å²) in [5, 5.41) is 10.8. The third-order valence-electron chi connectivity index (χ3n) is 4.35. The second-order valence-corrected chi connectivity index (χ2v) is 6.10. The molecule has 2 aromatic carbocycles. The molecule has 0 atom stereocenters. The van der Waals surface area contributed by atoms with E-state index < -0.39 is 0 Å². The van der Waals surface area contributed by atoms with Crippen molar-refractivity contribution in [3.8, 4) is 17.2 Å². The highest BCUT2D eigenvalue weighted by molar-refractivity contribution is 5.93. The van der Waals surface area contributed by atoms with Crippen molar-refractivity contribution in [1.82, 2.24) is 20.3 Å². The van der Waals surface area contributed by atoms with Crippen molar-refractivity contribution in [2.75, 3.05) is 20.8 Å².